The Morgan fingerprint density at radius 3 is 2.53 bits per heavy atom. The molecule has 162 valence electrons. The summed E-state index contributed by atoms with van der Waals surface area (Å²) >= 11 is 3.45. The fourth-order valence-electron chi connectivity index (χ4n) is 4.58. The van der Waals surface area contributed by atoms with Gasteiger partial charge in [0.05, 0.1) is 30.4 Å². The zero-order valence-electron chi connectivity index (χ0n) is 17.4. The van der Waals surface area contributed by atoms with Crippen LogP contribution in [0.5, 0.6) is 5.75 Å². The van der Waals surface area contributed by atoms with E-state index in [2.05, 4.69) is 32.6 Å². The molecule has 32 heavy (non-hydrogen) atoms. The van der Waals surface area contributed by atoms with Crippen molar-refractivity contribution in [1.29, 1.82) is 0 Å². The second-order valence-electron chi connectivity index (χ2n) is 8.11. The molecule has 0 spiro atoms. The molecule has 2 N–H and O–H groups in total. The standard InChI is InChI=1S/C26H22BrFN2O2/c1-32-18-9-6-15(7-10-18)16-12-23-25(24(31)13-16)26(19-14-17(27)8-11-20(19)28)30-22-5-3-2-4-21(22)29-23/h2-12,14,16,25-26,29-30H,13H2,1H3/t16-,25-,26-/m0/s1. The van der Waals surface area contributed by atoms with E-state index in [-0.39, 0.29) is 17.5 Å². The number of benzene rings is 3. The molecule has 1 aliphatic carbocycles. The van der Waals surface area contributed by atoms with Crippen molar-refractivity contribution in [2.75, 3.05) is 17.7 Å². The van der Waals surface area contributed by atoms with Crippen molar-refractivity contribution in [2.45, 2.75) is 18.4 Å². The summed E-state index contributed by atoms with van der Waals surface area (Å²) in [6, 6.07) is 19.9. The number of rotatable bonds is 3. The van der Waals surface area contributed by atoms with Crippen LogP contribution in [-0.2, 0) is 4.79 Å². The molecule has 0 amide bonds. The Bertz CT molecular complexity index is 1210. The molecule has 0 radical (unpaired) electrons. The summed E-state index contributed by atoms with van der Waals surface area (Å²) in [6.07, 6.45) is 2.47. The van der Waals surface area contributed by atoms with Crippen LogP contribution in [0, 0.1) is 11.7 Å². The third kappa shape index (κ3) is 3.79. The molecule has 0 bridgehead atoms. The molecule has 1 heterocycles. The molecular weight excluding hydrogens is 471 g/mol. The number of Topliss-reactive ketones (excluding diaryl/α,β-unsaturated/α-hetero) is 1. The first-order valence-corrected chi connectivity index (χ1v) is 11.3. The van der Waals surface area contributed by atoms with Gasteiger partial charge in [-0.05, 0) is 48.0 Å². The van der Waals surface area contributed by atoms with Crippen LogP contribution in [0.2, 0.25) is 0 Å². The molecule has 1 aliphatic heterocycles. The van der Waals surface area contributed by atoms with Crippen LogP contribution in [0.4, 0.5) is 15.8 Å². The lowest BCUT2D eigenvalue weighted by atomic mass is 9.76. The fraction of sp³-hybridized carbons (Fsp3) is 0.192. The highest BCUT2D eigenvalue weighted by atomic mass is 79.9. The van der Waals surface area contributed by atoms with Crippen molar-refractivity contribution in [2.24, 2.45) is 5.92 Å². The van der Waals surface area contributed by atoms with Crippen LogP contribution >= 0.6 is 15.9 Å². The van der Waals surface area contributed by atoms with Gasteiger partial charge >= 0.3 is 0 Å². The van der Waals surface area contributed by atoms with E-state index < -0.39 is 12.0 Å². The van der Waals surface area contributed by atoms with Gasteiger partial charge in [-0.3, -0.25) is 4.79 Å². The maximum absolute atomic E-state index is 14.9. The van der Waals surface area contributed by atoms with Gasteiger partial charge in [0, 0.05) is 28.1 Å². The van der Waals surface area contributed by atoms with Gasteiger partial charge in [0.25, 0.3) is 0 Å². The summed E-state index contributed by atoms with van der Waals surface area (Å²) in [4.78, 5) is 13.5. The van der Waals surface area contributed by atoms with Gasteiger partial charge in [-0.25, -0.2) is 4.39 Å². The van der Waals surface area contributed by atoms with Crippen molar-refractivity contribution in [1.82, 2.24) is 0 Å². The number of nitrogens with one attached hydrogen (secondary N) is 2. The number of carbonyl (C=O) groups excluding carboxylic acids is 1. The average molecular weight is 493 g/mol. The van der Waals surface area contributed by atoms with Gasteiger partial charge in [0.1, 0.15) is 17.3 Å². The van der Waals surface area contributed by atoms with Crippen molar-refractivity contribution in [3.63, 3.8) is 0 Å². The fourth-order valence-corrected chi connectivity index (χ4v) is 4.96. The van der Waals surface area contributed by atoms with Crippen LogP contribution in [-0.4, -0.2) is 12.9 Å². The number of halogens is 2. The number of para-hydroxylation sites is 2. The first kappa shape index (κ1) is 20.8. The van der Waals surface area contributed by atoms with Crippen molar-refractivity contribution in [3.05, 3.63) is 99.9 Å². The predicted octanol–water partition coefficient (Wildman–Crippen LogP) is 6.43. The minimum absolute atomic E-state index is 0.0644. The van der Waals surface area contributed by atoms with Gasteiger partial charge < -0.3 is 15.4 Å². The highest BCUT2D eigenvalue weighted by Crippen LogP contribution is 2.45. The quantitative estimate of drug-likeness (QED) is 0.442. The van der Waals surface area contributed by atoms with Gasteiger partial charge in [0.2, 0.25) is 0 Å². The molecule has 3 aromatic rings. The molecule has 0 saturated carbocycles. The number of methoxy groups -OCH3 is 1. The molecule has 3 atom stereocenters. The molecule has 0 unspecified atom stereocenters. The zero-order valence-corrected chi connectivity index (χ0v) is 19.0. The van der Waals surface area contributed by atoms with E-state index in [0.717, 1.165) is 32.9 Å². The smallest absolute Gasteiger partial charge is 0.145 e. The molecule has 6 heteroatoms. The number of anilines is 2. The Morgan fingerprint density at radius 2 is 1.78 bits per heavy atom. The number of hydrogen-bond donors (Lipinski definition) is 2. The largest absolute Gasteiger partial charge is 0.497 e. The second kappa shape index (κ2) is 8.43. The third-order valence-electron chi connectivity index (χ3n) is 6.17. The number of hydrogen-bond acceptors (Lipinski definition) is 4. The van der Waals surface area contributed by atoms with E-state index in [4.69, 9.17) is 4.74 Å². The molecular formula is C26H22BrFN2O2. The molecule has 3 aromatic carbocycles. The van der Waals surface area contributed by atoms with Crippen LogP contribution < -0.4 is 15.4 Å². The highest BCUT2D eigenvalue weighted by Gasteiger charge is 2.40. The monoisotopic (exact) mass is 492 g/mol. The van der Waals surface area contributed by atoms with Crippen molar-refractivity contribution >= 4 is 33.1 Å². The Morgan fingerprint density at radius 1 is 1.03 bits per heavy atom. The lowest BCUT2D eigenvalue weighted by molar-refractivity contribution is -0.122. The molecule has 5 rings (SSSR count). The predicted molar refractivity (Wildman–Crippen MR) is 127 cm³/mol. The van der Waals surface area contributed by atoms with Crippen LogP contribution in [0.1, 0.15) is 29.5 Å². The van der Waals surface area contributed by atoms with Crippen LogP contribution in [0.15, 0.2) is 83.0 Å². The van der Waals surface area contributed by atoms with E-state index in [1.807, 2.05) is 48.5 Å². The Kier molecular flexibility index (Phi) is 5.47. The van der Waals surface area contributed by atoms with Gasteiger partial charge in [-0.15, -0.1) is 0 Å². The summed E-state index contributed by atoms with van der Waals surface area (Å²) in [5, 5.41) is 6.91. The molecule has 0 aromatic heterocycles. The van der Waals surface area contributed by atoms with E-state index in [1.54, 1.807) is 19.2 Å². The lowest BCUT2D eigenvalue weighted by Crippen LogP contribution is -2.34. The van der Waals surface area contributed by atoms with Crippen molar-refractivity contribution < 1.29 is 13.9 Å². The van der Waals surface area contributed by atoms with E-state index in [9.17, 15) is 9.18 Å². The topological polar surface area (TPSA) is 50.4 Å². The number of ether oxygens (including phenoxy) is 1. The van der Waals surface area contributed by atoms with Crippen LogP contribution in [0.25, 0.3) is 0 Å². The Hall–Kier alpha value is -3.12. The Labute approximate surface area is 194 Å². The average Bonchev–Trinajstić information content (AvgIpc) is 2.97. The first-order chi connectivity index (χ1) is 15.5. The summed E-state index contributed by atoms with van der Waals surface area (Å²) in [5.74, 6) is -0.0848. The summed E-state index contributed by atoms with van der Waals surface area (Å²) in [5.41, 5.74) is 4.00. The molecule has 0 fully saturated rings. The Balaban J connectivity index is 1.62. The maximum Gasteiger partial charge on any atom is 0.145 e. The number of carbonyl (C=O) groups is 1. The zero-order chi connectivity index (χ0) is 22.2. The number of allylic oxidation sites excluding steroid dienone is 1. The minimum Gasteiger partial charge on any atom is -0.497 e. The lowest BCUT2D eigenvalue weighted by Gasteiger charge is -2.32. The summed E-state index contributed by atoms with van der Waals surface area (Å²) in [7, 11) is 1.63. The second-order valence-corrected chi connectivity index (χ2v) is 9.02. The number of ketones is 1. The van der Waals surface area contributed by atoms with Crippen molar-refractivity contribution in [3.8, 4) is 5.75 Å². The van der Waals surface area contributed by atoms with Gasteiger partial charge in [0.15, 0.2) is 0 Å². The SMILES string of the molecule is COc1ccc([C@H]2C=C3Nc4ccccc4N[C@@H](c4cc(Br)ccc4F)[C@@H]3C(=O)C2)cc1. The first-order valence-electron chi connectivity index (χ1n) is 10.5. The van der Waals surface area contributed by atoms with E-state index >= 15 is 0 Å². The molecule has 0 saturated heterocycles. The van der Waals surface area contributed by atoms with Crippen LogP contribution in [0.3, 0.4) is 0 Å². The number of fused-ring (bicyclic) bond motifs is 2. The summed E-state index contributed by atoms with van der Waals surface area (Å²) in [6.45, 7) is 0. The van der Waals surface area contributed by atoms with E-state index in [1.165, 1.54) is 6.07 Å². The third-order valence-corrected chi connectivity index (χ3v) is 6.66. The molecule has 2 aliphatic rings. The summed E-state index contributed by atoms with van der Waals surface area (Å²) < 4.78 is 21.0. The molecule has 4 nitrogen and oxygen atoms in total. The van der Waals surface area contributed by atoms with Gasteiger partial charge in [-0.1, -0.05) is 46.3 Å². The highest BCUT2D eigenvalue weighted by molar-refractivity contribution is 9.10. The minimum atomic E-state index is -0.529. The van der Waals surface area contributed by atoms with E-state index in [0.29, 0.717) is 12.0 Å². The van der Waals surface area contributed by atoms with Gasteiger partial charge in [-0.2, -0.15) is 0 Å². The normalized spacial score (nSPS) is 21.9. The maximum atomic E-state index is 14.9.